The van der Waals surface area contributed by atoms with Gasteiger partial charge in [-0.05, 0) is 25.0 Å². The number of carboxylic acids is 1. The number of amides is 1. The van der Waals surface area contributed by atoms with Gasteiger partial charge in [0, 0.05) is 0 Å². The number of nitrogens with zero attached hydrogens (tertiary/aromatic N) is 1. The van der Waals surface area contributed by atoms with Gasteiger partial charge in [-0.25, -0.2) is 0 Å². The summed E-state index contributed by atoms with van der Waals surface area (Å²) in [5.41, 5.74) is 2.01. The molecule has 0 radical (unpaired) electrons. The second kappa shape index (κ2) is 7.07. The zero-order valence-corrected chi connectivity index (χ0v) is 14.0. The quantitative estimate of drug-likeness (QED) is 0.610. The summed E-state index contributed by atoms with van der Waals surface area (Å²) in [5, 5.41) is 11.3. The first-order valence-corrected chi connectivity index (χ1v) is 8.21. The number of carbonyl (C=O) groups excluding carboxylic acids is 2. The average Bonchev–Trinajstić information content (AvgIpc) is 2.73. The minimum atomic E-state index is -1.27. The molecule has 22 heavy (non-hydrogen) atoms. The number of thioether (sulfide) groups is 1. The molecule has 1 heterocycles. The predicted octanol–water partition coefficient (Wildman–Crippen LogP) is 2.11. The van der Waals surface area contributed by atoms with Gasteiger partial charge < -0.3 is 9.90 Å². The standard InChI is InChI=1S/C16H17NO3S2/c1-3-4-12(15(19)20)17-14(18)13(22-16(17)21)9-11-7-5-10(2)6-8-11/h5-9,12H,3-4H2,1-2H3,(H,19,20)/p-1. The zero-order chi connectivity index (χ0) is 16.3. The van der Waals surface area contributed by atoms with E-state index in [4.69, 9.17) is 12.2 Å². The van der Waals surface area contributed by atoms with E-state index >= 15 is 0 Å². The monoisotopic (exact) mass is 334 g/mol. The van der Waals surface area contributed by atoms with Crippen molar-refractivity contribution in [2.45, 2.75) is 32.7 Å². The molecule has 1 fully saturated rings. The van der Waals surface area contributed by atoms with Gasteiger partial charge in [-0.1, -0.05) is 67.2 Å². The molecule has 0 aliphatic carbocycles. The molecule has 0 N–H and O–H groups in total. The molecule has 0 saturated carbocycles. The van der Waals surface area contributed by atoms with Gasteiger partial charge in [0.1, 0.15) is 4.32 Å². The Morgan fingerprint density at radius 1 is 1.41 bits per heavy atom. The van der Waals surface area contributed by atoms with Gasteiger partial charge in [0.15, 0.2) is 0 Å². The number of carbonyl (C=O) groups is 2. The zero-order valence-electron chi connectivity index (χ0n) is 12.4. The van der Waals surface area contributed by atoms with Crippen LogP contribution in [0.1, 0.15) is 30.9 Å². The number of rotatable bonds is 5. The third-order valence-electron chi connectivity index (χ3n) is 3.34. The molecular weight excluding hydrogens is 318 g/mol. The van der Waals surface area contributed by atoms with E-state index in [9.17, 15) is 14.7 Å². The van der Waals surface area contributed by atoms with Crippen molar-refractivity contribution in [2.75, 3.05) is 0 Å². The van der Waals surface area contributed by atoms with E-state index < -0.39 is 12.0 Å². The Morgan fingerprint density at radius 2 is 2.05 bits per heavy atom. The number of hydrogen-bond acceptors (Lipinski definition) is 5. The van der Waals surface area contributed by atoms with Gasteiger partial charge in [0.05, 0.1) is 16.9 Å². The number of carboxylic acid groups (broad SMARTS) is 1. The van der Waals surface area contributed by atoms with Crippen molar-refractivity contribution in [2.24, 2.45) is 0 Å². The summed E-state index contributed by atoms with van der Waals surface area (Å²) < 4.78 is 0.269. The Morgan fingerprint density at radius 3 is 2.59 bits per heavy atom. The lowest BCUT2D eigenvalue weighted by Crippen LogP contribution is -2.49. The minimum Gasteiger partial charge on any atom is -0.548 e. The molecule has 1 aromatic carbocycles. The van der Waals surface area contributed by atoms with Crippen LogP contribution >= 0.6 is 24.0 Å². The number of aryl methyl sites for hydroxylation is 1. The molecule has 0 aromatic heterocycles. The lowest BCUT2D eigenvalue weighted by Gasteiger charge is -2.27. The van der Waals surface area contributed by atoms with Gasteiger partial charge in [-0.3, -0.25) is 9.69 Å². The number of hydrogen-bond donors (Lipinski definition) is 0. The van der Waals surface area contributed by atoms with Gasteiger partial charge in [0.25, 0.3) is 5.91 Å². The summed E-state index contributed by atoms with van der Waals surface area (Å²) in [6.45, 7) is 3.84. The largest absolute Gasteiger partial charge is 0.548 e. The fraction of sp³-hybridized carbons (Fsp3) is 0.312. The molecule has 1 atom stereocenters. The minimum absolute atomic E-state index is 0.269. The van der Waals surface area contributed by atoms with Crippen LogP contribution in [-0.2, 0) is 9.59 Å². The van der Waals surface area contributed by atoms with Crippen LogP contribution in [0.3, 0.4) is 0 Å². The van der Waals surface area contributed by atoms with E-state index in [1.807, 2.05) is 38.1 Å². The van der Waals surface area contributed by atoms with Crippen LogP contribution in [-0.4, -0.2) is 27.1 Å². The molecule has 1 aliphatic rings. The maximum atomic E-state index is 12.5. The Kier molecular flexibility index (Phi) is 5.37. The van der Waals surface area contributed by atoms with Crippen molar-refractivity contribution in [3.05, 3.63) is 40.3 Å². The van der Waals surface area contributed by atoms with Gasteiger partial charge >= 0.3 is 0 Å². The normalized spacial score (nSPS) is 18.1. The van der Waals surface area contributed by atoms with E-state index in [2.05, 4.69) is 0 Å². The van der Waals surface area contributed by atoms with E-state index in [0.29, 0.717) is 17.7 Å². The molecule has 1 amide bonds. The first-order chi connectivity index (χ1) is 10.4. The lowest BCUT2D eigenvalue weighted by atomic mass is 10.1. The van der Waals surface area contributed by atoms with Crippen molar-refractivity contribution < 1.29 is 14.7 Å². The summed E-state index contributed by atoms with van der Waals surface area (Å²) in [4.78, 5) is 25.3. The highest BCUT2D eigenvalue weighted by Gasteiger charge is 2.37. The third-order valence-corrected chi connectivity index (χ3v) is 4.67. The van der Waals surface area contributed by atoms with Crippen molar-refractivity contribution in [3.63, 3.8) is 0 Å². The molecule has 0 bridgehead atoms. The van der Waals surface area contributed by atoms with Crippen molar-refractivity contribution in [3.8, 4) is 0 Å². The third kappa shape index (κ3) is 3.56. The molecule has 1 aliphatic heterocycles. The molecule has 2 rings (SSSR count). The van der Waals surface area contributed by atoms with Crippen LogP contribution < -0.4 is 5.11 Å². The highest BCUT2D eigenvalue weighted by Crippen LogP contribution is 2.34. The summed E-state index contributed by atoms with van der Waals surface area (Å²) in [6.07, 6.45) is 2.69. The molecule has 4 nitrogen and oxygen atoms in total. The lowest BCUT2D eigenvalue weighted by molar-refractivity contribution is -0.310. The topological polar surface area (TPSA) is 60.4 Å². The predicted molar refractivity (Wildman–Crippen MR) is 89.9 cm³/mol. The van der Waals surface area contributed by atoms with Gasteiger partial charge in [-0.15, -0.1) is 0 Å². The molecule has 116 valence electrons. The van der Waals surface area contributed by atoms with Crippen molar-refractivity contribution in [1.29, 1.82) is 0 Å². The molecule has 1 aromatic rings. The summed E-state index contributed by atoms with van der Waals surface area (Å²) in [6, 6.07) is 6.72. The van der Waals surface area contributed by atoms with E-state index in [1.54, 1.807) is 6.08 Å². The van der Waals surface area contributed by atoms with Crippen LogP contribution in [0.25, 0.3) is 6.08 Å². The fourth-order valence-corrected chi connectivity index (χ4v) is 3.55. The first kappa shape index (κ1) is 16.7. The van der Waals surface area contributed by atoms with Crippen LogP contribution in [0.5, 0.6) is 0 Å². The van der Waals surface area contributed by atoms with E-state index in [1.165, 1.54) is 4.90 Å². The van der Waals surface area contributed by atoms with E-state index in [-0.39, 0.29) is 10.2 Å². The number of benzene rings is 1. The van der Waals surface area contributed by atoms with Crippen molar-refractivity contribution >= 4 is 46.3 Å². The second-order valence-corrected chi connectivity index (χ2v) is 6.76. The molecule has 6 heteroatoms. The maximum absolute atomic E-state index is 12.5. The highest BCUT2D eigenvalue weighted by molar-refractivity contribution is 8.26. The van der Waals surface area contributed by atoms with Crippen LogP contribution in [0.15, 0.2) is 29.2 Å². The van der Waals surface area contributed by atoms with Crippen LogP contribution in [0, 0.1) is 6.92 Å². The second-order valence-electron chi connectivity index (χ2n) is 5.09. The number of thiocarbonyl (C=S) groups is 1. The number of aliphatic carboxylic acids is 1. The van der Waals surface area contributed by atoms with Gasteiger partial charge in [-0.2, -0.15) is 0 Å². The van der Waals surface area contributed by atoms with Gasteiger partial charge in [0.2, 0.25) is 0 Å². The molecule has 1 saturated heterocycles. The van der Waals surface area contributed by atoms with Crippen LogP contribution in [0.4, 0.5) is 0 Å². The summed E-state index contributed by atoms with van der Waals surface area (Å²) in [7, 11) is 0. The smallest absolute Gasteiger partial charge is 0.266 e. The van der Waals surface area contributed by atoms with E-state index in [0.717, 1.165) is 22.9 Å². The maximum Gasteiger partial charge on any atom is 0.266 e. The highest BCUT2D eigenvalue weighted by atomic mass is 32.2. The molecule has 1 unspecified atom stereocenters. The molecular formula is C16H16NO3S2-. The molecule has 0 spiro atoms. The fourth-order valence-electron chi connectivity index (χ4n) is 2.19. The summed E-state index contributed by atoms with van der Waals surface area (Å²) >= 11 is 6.31. The Bertz CT molecular complexity index is 637. The average molecular weight is 334 g/mol. The Hall–Kier alpha value is -1.66. The Balaban J connectivity index is 2.27. The first-order valence-electron chi connectivity index (χ1n) is 6.98. The Labute approximate surface area is 139 Å². The SMILES string of the molecule is CCCC(C(=O)[O-])N1C(=O)C(=Cc2ccc(C)cc2)SC1=S. The van der Waals surface area contributed by atoms with Crippen LogP contribution in [0.2, 0.25) is 0 Å². The summed E-state index contributed by atoms with van der Waals surface area (Å²) in [5.74, 6) is -1.63. The van der Waals surface area contributed by atoms with Crippen molar-refractivity contribution in [1.82, 2.24) is 4.90 Å².